The molecule has 0 saturated heterocycles. The van der Waals surface area contributed by atoms with E-state index in [-0.39, 0.29) is 5.38 Å². The maximum Gasteiger partial charge on any atom is 0.0726 e. The summed E-state index contributed by atoms with van der Waals surface area (Å²) in [4.78, 5) is 1.30. The van der Waals surface area contributed by atoms with Crippen molar-refractivity contribution < 1.29 is 0 Å². The molecule has 0 spiro atoms. The molecular weight excluding hydrogens is 340 g/mol. The lowest BCUT2D eigenvalue weighted by molar-refractivity contribution is 0.624. The monoisotopic (exact) mass is 352 g/mol. The van der Waals surface area contributed by atoms with Crippen molar-refractivity contribution in [1.29, 1.82) is 0 Å². The quantitative estimate of drug-likeness (QED) is 0.601. The second kappa shape index (κ2) is 4.61. The number of halogens is 2. The predicted octanol–water partition coefficient (Wildman–Crippen LogP) is 5.77. The SMILES string of the molecule is ClC(c1sccc1Br)C1C2CCc3ccccc3C21. The van der Waals surface area contributed by atoms with Gasteiger partial charge in [-0.15, -0.1) is 22.9 Å². The molecule has 0 nitrogen and oxygen atoms in total. The van der Waals surface area contributed by atoms with E-state index in [0.717, 1.165) is 5.92 Å². The van der Waals surface area contributed by atoms with Gasteiger partial charge in [-0.1, -0.05) is 24.3 Å². The summed E-state index contributed by atoms with van der Waals surface area (Å²) in [6, 6.07) is 11.0. The van der Waals surface area contributed by atoms with Crippen molar-refractivity contribution in [3.05, 3.63) is 56.2 Å². The molecule has 98 valence electrons. The number of alkyl halides is 1. The Labute approximate surface area is 130 Å². The molecular formula is C16H14BrClS. The van der Waals surface area contributed by atoms with Crippen LogP contribution in [0.1, 0.15) is 33.7 Å². The second-order valence-corrected chi connectivity index (χ2v) is 7.81. The summed E-state index contributed by atoms with van der Waals surface area (Å²) in [7, 11) is 0. The molecule has 0 N–H and O–H groups in total. The van der Waals surface area contributed by atoms with E-state index in [2.05, 4.69) is 51.6 Å². The van der Waals surface area contributed by atoms with E-state index in [9.17, 15) is 0 Å². The Bertz CT molecular complexity index is 621. The van der Waals surface area contributed by atoms with E-state index in [0.29, 0.717) is 11.8 Å². The molecule has 2 aromatic rings. The molecule has 0 bridgehead atoms. The molecule has 1 fully saturated rings. The zero-order valence-electron chi connectivity index (χ0n) is 10.4. The van der Waals surface area contributed by atoms with Gasteiger partial charge in [0.1, 0.15) is 0 Å². The van der Waals surface area contributed by atoms with Gasteiger partial charge in [0.15, 0.2) is 0 Å². The fourth-order valence-corrected chi connectivity index (χ4v) is 6.10. The van der Waals surface area contributed by atoms with Crippen molar-refractivity contribution in [3.8, 4) is 0 Å². The molecule has 0 radical (unpaired) electrons. The van der Waals surface area contributed by atoms with Crippen LogP contribution in [0.3, 0.4) is 0 Å². The summed E-state index contributed by atoms with van der Waals surface area (Å²) in [5, 5.41) is 2.28. The number of thiophene rings is 1. The maximum absolute atomic E-state index is 6.77. The Hall–Kier alpha value is -0.310. The van der Waals surface area contributed by atoms with Gasteiger partial charge in [0.05, 0.1) is 5.38 Å². The largest absolute Gasteiger partial charge is 0.146 e. The van der Waals surface area contributed by atoms with Gasteiger partial charge in [0, 0.05) is 9.35 Å². The van der Waals surface area contributed by atoms with Gasteiger partial charge in [0.25, 0.3) is 0 Å². The Kier molecular flexibility index (Phi) is 3.02. The summed E-state index contributed by atoms with van der Waals surface area (Å²) < 4.78 is 1.18. The fraction of sp³-hybridized carbons (Fsp3) is 0.375. The Balaban J connectivity index is 1.66. The van der Waals surface area contributed by atoms with Gasteiger partial charge in [-0.05, 0) is 69.1 Å². The molecule has 0 aliphatic heterocycles. The number of benzene rings is 1. The summed E-state index contributed by atoms with van der Waals surface area (Å²) >= 11 is 12.2. The lowest BCUT2D eigenvalue weighted by atomic mass is 9.92. The topological polar surface area (TPSA) is 0 Å². The van der Waals surface area contributed by atoms with Crippen molar-refractivity contribution in [2.24, 2.45) is 11.8 Å². The smallest absolute Gasteiger partial charge is 0.0726 e. The van der Waals surface area contributed by atoms with Gasteiger partial charge in [0.2, 0.25) is 0 Å². The van der Waals surface area contributed by atoms with Crippen LogP contribution in [0.4, 0.5) is 0 Å². The molecule has 1 aromatic heterocycles. The fourth-order valence-electron chi connectivity index (χ4n) is 3.70. The van der Waals surface area contributed by atoms with Gasteiger partial charge >= 0.3 is 0 Å². The summed E-state index contributed by atoms with van der Waals surface area (Å²) in [5.41, 5.74) is 3.10. The Morgan fingerprint density at radius 2 is 2.11 bits per heavy atom. The normalized spacial score (nSPS) is 29.5. The van der Waals surface area contributed by atoms with E-state index < -0.39 is 0 Å². The van der Waals surface area contributed by atoms with Crippen molar-refractivity contribution >= 4 is 38.9 Å². The van der Waals surface area contributed by atoms with E-state index in [1.54, 1.807) is 22.5 Å². The zero-order chi connectivity index (χ0) is 13.0. The lowest BCUT2D eigenvalue weighted by Crippen LogP contribution is -2.00. The van der Waals surface area contributed by atoms with Crippen LogP contribution < -0.4 is 0 Å². The molecule has 2 aliphatic carbocycles. The molecule has 3 heteroatoms. The third kappa shape index (κ3) is 1.91. The molecule has 1 heterocycles. The predicted molar refractivity (Wildman–Crippen MR) is 85.1 cm³/mol. The molecule has 0 amide bonds. The highest BCUT2D eigenvalue weighted by molar-refractivity contribution is 9.10. The van der Waals surface area contributed by atoms with E-state index >= 15 is 0 Å². The highest BCUT2D eigenvalue weighted by Gasteiger charge is 2.56. The van der Waals surface area contributed by atoms with Crippen molar-refractivity contribution in [2.45, 2.75) is 24.1 Å². The van der Waals surface area contributed by atoms with Crippen LogP contribution >= 0.6 is 38.9 Å². The van der Waals surface area contributed by atoms with Gasteiger partial charge in [-0.25, -0.2) is 0 Å². The number of hydrogen-bond acceptors (Lipinski definition) is 1. The minimum atomic E-state index is 0.163. The van der Waals surface area contributed by atoms with Gasteiger partial charge < -0.3 is 0 Å². The lowest BCUT2D eigenvalue weighted by Gasteiger charge is -2.13. The third-order valence-corrected chi connectivity index (χ3v) is 7.22. The van der Waals surface area contributed by atoms with Crippen LogP contribution in [0.15, 0.2) is 40.2 Å². The summed E-state index contributed by atoms with van der Waals surface area (Å²) in [6.07, 6.45) is 2.53. The van der Waals surface area contributed by atoms with E-state index in [1.165, 1.54) is 22.2 Å². The van der Waals surface area contributed by atoms with Crippen LogP contribution in [0.5, 0.6) is 0 Å². The Morgan fingerprint density at radius 1 is 1.26 bits per heavy atom. The van der Waals surface area contributed by atoms with E-state index in [4.69, 9.17) is 11.6 Å². The molecule has 4 atom stereocenters. The number of fused-ring (bicyclic) bond motifs is 3. The van der Waals surface area contributed by atoms with Crippen LogP contribution in [0.2, 0.25) is 0 Å². The molecule has 1 aromatic carbocycles. The minimum absolute atomic E-state index is 0.163. The molecule has 1 saturated carbocycles. The van der Waals surface area contributed by atoms with Gasteiger partial charge in [-0.2, -0.15) is 0 Å². The highest BCUT2D eigenvalue weighted by atomic mass is 79.9. The van der Waals surface area contributed by atoms with Crippen molar-refractivity contribution in [3.63, 3.8) is 0 Å². The highest BCUT2D eigenvalue weighted by Crippen LogP contribution is 2.66. The average molecular weight is 354 g/mol. The molecule has 4 rings (SSSR count). The zero-order valence-corrected chi connectivity index (χ0v) is 13.5. The molecule has 4 unspecified atom stereocenters. The van der Waals surface area contributed by atoms with Gasteiger partial charge in [-0.3, -0.25) is 0 Å². The second-order valence-electron chi connectivity index (χ2n) is 5.54. The number of rotatable bonds is 2. The molecule has 2 aliphatic rings. The standard InChI is InChI=1S/C16H14BrClS/c17-12-7-8-19-16(12)15(18)14-11-6-5-9-3-1-2-4-10(9)13(11)14/h1-4,7-8,11,13-15H,5-6H2. The first-order valence-corrected chi connectivity index (χ1v) is 8.83. The number of aryl methyl sites for hydroxylation is 1. The maximum atomic E-state index is 6.77. The summed E-state index contributed by atoms with van der Waals surface area (Å²) in [5.74, 6) is 2.12. The number of hydrogen-bond donors (Lipinski definition) is 0. The Morgan fingerprint density at radius 3 is 2.89 bits per heavy atom. The first-order valence-electron chi connectivity index (χ1n) is 6.72. The summed E-state index contributed by atoms with van der Waals surface area (Å²) in [6.45, 7) is 0. The first kappa shape index (κ1) is 12.4. The molecule has 19 heavy (non-hydrogen) atoms. The van der Waals surface area contributed by atoms with Crippen LogP contribution in [-0.2, 0) is 6.42 Å². The van der Waals surface area contributed by atoms with Crippen molar-refractivity contribution in [2.75, 3.05) is 0 Å². The average Bonchev–Trinajstić information content (AvgIpc) is 3.04. The van der Waals surface area contributed by atoms with Crippen LogP contribution in [0, 0.1) is 11.8 Å². The third-order valence-electron chi connectivity index (χ3n) is 4.62. The minimum Gasteiger partial charge on any atom is -0.146 e. The van der Waals surface area contributed by atoms with E-state index in [1.807, 2.05) is 0 Å². The van der Waals surface area contributed by atoms with Crippen LogP contribution in [0.25, 0.3) is 0 Å². The van der Waals surface area contributed by atoms with Crippen molar-refractivity contribution in [1.82, 2.24) is 0 Å². The first-order chi connectivity index (χ1) is 9.27. The van der Waals surface area contributed by atoms with Crippen LogP contribution in [-0.4, -0.2) is 0 Å².